The smallest absolute Gasteiger partial charge is 0.118 e. The zero-order chi connectivity index (χ0) is 12.8. The van der Waals surface area contributed by atoms with E-state index in [1.54, 1.807) is 0 Å². The Labute approximate surface area is 108 Å². The number of aryl methyl sites for hydroxylation is 1. The molecule has 2 rings (SSSR count). The van der Waals surface area contributed by atoms with Crippen LogP contribution in [0.3, 0.4) is 0 Å². The highest BCUT2D eigenvalue weighted by atomic mass is 16.5. The second-order valence-corrected chi connectivity index (χ2v) is 4.29. The average molecular weight is 245 g/mol. The molecule has 0 amide bonds. The molecule has 0 saturated heterocycles. The van der Waals surface area contributed by atoms with Gasteiger partial charge in [-0.3, -0.25) is 0 Å². The molecule has 2 aromatic rings. The maximum Gasteiger partial charge on any atom is 0.118 e. The van der Waals surface area contributed by atoms with Gasteiger partial charge in [0.2, 0.25) is 0 Å². The summed E-state index contributed by atoms with van der Waals surface area (Å²) >= 11 is 0. The Morgan fingerprint density at radius 3 is 2.67 bits per heavy atom. The molecular weight excluding hydrogens is 226 g/mol. The highest BCUT2D eigenvalue weighted by molar-refractivity contribution is 5.20. The van der Waals surface area contributed by atoms with Gasteiger partial charge in [0.15, 0.2) is 0 Å². The van der Waals surface area contributed by atoms with E-state index in [1.807, 2.05) is 31.2 Å². The number of hydrogen-bond acceptors (Lipinski definition) is 3. The lowest BCUT2D eigenvalue weighted by atomic mass is 10.2. The first-order valence-corrected chi connectivity index (χ1v) is 6.19. The lowest BCUT2D eigenvalue weighted by molar-refractivity contribution is 0.123. The largest absolute Gasteiger partial charge is 0.465 e. The average Bonchev–Trinajstić information content (AvgIpc) is 2.77. The monoisotopic (exact) mass is 245 g/mol. The van der Waals surface area contributed by atoms with E-state index in [9.17, 15) is 0 Å². The first kappa shape index (κ1) is 12.9. The van der Waals surface area contributed by atoms with Gasteiger partial charge < -0.3 is 14.9 Å². The Balaban J connectivity index is 1.76. The van der Waals surface area contributed by atoms with Crippen molar-refractivity contribution in [3.63, 3.8) is 0 Å². The number of ether oxygens (including phenoxy) is 1. The van der Waals surface area contributed by atoms with Gasteiger partial charge in [-0.2, -0.15) is 0 Å². The molecule has 1 heterocycles. The first-order chi connectivity index (χ1) is 8.79. The van der Waals surface area contributed by atoms with Gasteiger partial charge in [-0.25, -0.2) is 0 Å². The maximum atomic E-state index is 5.66. The van der Waals surface area contributed by atoms with Gasteiger partial charge in [-0.15, -0.1) is 0 Å². The summed E-state index contributed by atoms with van der Waals surface area (Å²) in [6, 6.07) is 12.3. The third kappa shape index (κ3) is 3.45. The molecule has 0 saturated carbocycles. The molecule has 0 aliphatic carbocycles. The van der Waals surface area contributed by atoms with E-state index in [0.29, 0.717) is 19.8 Å². The zero-order valence-electron chi connectivity index (χ0n) is 10.7. The molecule has 96 valence electrons. The summed E-state index contributed by atoms with van der Waals surface area (Å²) in [5.74, 6) is 1.71. The summed E-state index contributed by atoms with van der Waals surface area (Å²) in [6.45, 7) is 3.68. The Hall–Kier alpha value is -1.58. The van der Waals surface area contributed by atoms with Gasteiger partial charge >= 0.3 is 0 Å². The van der Waals surface area contributed by atoms with Crippen LogP contribution in [0, 0.1) is 6.92 Å². The standard InChI is InChI=1S/C15H19NO2/c1-12-14(9-15(10-16)18-12)11-17-8-7-13-5-3-2-4-6-13/h2-6,9H,7-8,10-11,16H2,1H3. The molecule has 18 heavy (non-hydrogen) atoms. The molecule has 0 unspecified atom stereocenters. The van der Waals surface area contributed by atoms with Crippen LogP contribution in [0.5, 0.6) is 0 Å². The van der Waals surface area contributed by atoms with E-state index < -0.39 is 0 Å². The molecule has 0 aliphatic rings. The molecule has 1 aromatic heterocycles. The summed E-state index contributed by atoms with van der Waals surface area (Å²) in [4.78, 5) is 0. The molecular formula is C15H19NO2. The van der Waals surface area contributed by atoms with Crippen LogP contribution in [0.25, 0.3) is 0 Å². The summed E-state index contributed by atoms with van der Waals surface area (Å²) < 4.78 is 11.1. The van der Waals surface area contributed by atoms with Crippen molar-refractivity contribution in [2.45, 2.75) is 26.5 Å². The van der Waals surface area contributed by atoms with Crippen molar-refractivity contribution in [2.24, 2.45) is 5.73 Å². The quantitative estimate of drug-likeness (QED) is 0.796. The van der Waals surface area contributed by atoms with Crippen molar-refractivity contribution in [1.29, 1.82) is 0 Å². The topological polar surface area (TPSA) is 48.4 Å². The first-order valence-electron chi connectivity index (χ1n) is 6.19. The predicted octanol–water partition coefficient (Wildman–Crippen LogP) is 2.81. The summed E-state index contributed by atoms with van der Waals surface area (Å²) in [7, 11) is 0. The van der Waals surface area contributed by atoms with E-state index in [-0.39, 0.29) is 0 Å². The molecule has 3 heteroatoms. The van der Waals surface area contributed by atoms with Gasteiger partial charge in [0.25, 0.3) is 0 Å². The van der Waals surface area contributed by atoms with Crippen LogP contribution in [0.1, 0.15) is 22.6 Å². The van der Waals surface area contributed by atoms with Crippen molar-refractivity contribution >= 4 is 0 Å². The van der Waals surface area contributed by atoms with Gasteiger partial charge in [-0.1, -0.05) is 30.3 Å². The van der Waals surface area contributed by atoms with Crippen molar-refractivity contribution in [3.05, 3.63) is 59.0 Å². The van der Waals surface area contributed by atoms with Crippen molar-refractivity contribution in [1.82, 2.24) is 0 Å². The number of hydrogen-bond donors (Lipinski definition) is 1. The van der Waals surface area contributed by atoms with Gasteiger partial charge in [0, 0.05) is 5.56 Å². The SMILES string of the molecule is Cc1oc(CN)cc1COCCc1ccccc1. The Morgan fingerprint density at radius 1 is 1.22 bits per heavy atom. The van der Waals surface area contributed by atoms with Crippen LogP contribution in [0.15, 0.2) is 40.8 Å². The second-order valence-electron chi connectivity index (χ2n) is 4.29. The highest BCUT2D eigenvalue weighted by Gasteiger charge is 2.06. The number of benzene rings is 1. The van der Waals surface area contributed by atoms with Crippen molar-refractivity contribution in [3.8, 4) is 0 Å². The molecule has 3 nitrogen and oxygen atoms in total. The molecule has 2 N–H and O–H groups in total. The zero-order valence-corrected chi connectivity index (χ0v) is 10.7. The van der Waals surface area contributed by atoms with Crippen LogP contribution in [-0.2, 0) is 24.3 Å². The molecule has 0 aliphatic heterocycles. The predicted molar refractivity (Wildman–Crippen MR) is 71.1 cm³/mol. The minimum Gasteiger partial charge on any atom is -0.465 e. The van der Waals surface area contributed by atoms with Crippen molar-refractivity contribution < 1.29 is 9.15 Å². The Kier molecular flexibility index (Phi) is 4.56. The number of rotatable bonds is 6. The third-order valence-corrected chi connectivity index (χ3v) is 2.91. The minimum atomic E-state index is 0.435. The van der Waals surface area contributed by atoms with Gasteiger partial charge in [-0.05, 0) is 25.0 Å². The minimum absolute atomic E-state index is 0.435. The Morgan fingerprint density at radius 2 is 2.00 bits per heavy atom. The lowest BCUT2D eigenvalue weighted by Gasteiger charge is -2.03. The maximum absolute atomic E-state index is 5.66. The van der Waals surface area contributed by atoms with Crippen LogP contribution in [-0.4, -0.2) is 6.61 Å². The molecule has 0 fully saturated rings. The third-order valence-electron chi connectivity index (χ3n) is 2.91. The van der Waals surface area contributed by atoms with E-state index in [0.717, 1.165) is 23.5 Å². The fourth-order valence-electron chi connectivity index (χ4n) is 1.85. The normalized spacial score (nSPS) is 10.8. The molecule has 0 atom stereocenters. The van der Waals surface area contributed by atoms with E-state index in [1.165, 1.54) is 5.56 Å². The summed E-state index contributed by atoms with van der Waals surface area (Å²) in [5.41, 5.74) is 7.91. The number of nitrogens with two attached hydrogens (primary N) is 1. The lowest BCUT2D eigenvalue weighted by Crippen LogP contribution is -1.99. The van der Waals surface area contributed by atoms with Crippen molar-refractivity contribution in [2.75, 3.05) is 6.61 Å². The molecule has 1 aromatic carbocycles. The van der Waals surface area contributed by atoms with Crippen LogP contribution in [0.4, 0.5) is 0 Å². The summed E-state index contributed by atoms with van der Waals surface area (Å²) in [6.07, 6.45) is 0.932. The van der Waals surface area contributed by atoms with E-state index >= 15 is 0 Å². The van der Waals surface area contributed by atoms with E-state index in [4.69, 9.17) is 14.9 Å². The Bertz CT molecular complexity index is 476. The number of furan rings is 1. The highest BCUT2D eigenvalue weighted by Crippen LogP contribution is 2.15. The fourth-order valence-corrected chi connectivity index (χ4v) is 1.85. The van der Waals surface area contributed by atoms with Gasteiger partial charge in [0.1, 0.15) is 11.5 Å². The fraction of sp³-hybridized carbons (Fsp3) is 0.333. The molecule has 0 radical (unpaired) electrons. The van der Waals surface area contributed by atoms with Crippen LogP contribution < -0.4 is 5.73 Å². The summed E-state index contributed by atoms with van der Waals surface area (Å²) in [5, 5.41) is 0. The van der Waals surface area contributed by atoms with Crippen LogP contribution in [0.2, 0.25) is 0 Å². The van der Waals surface area contributed by atoms with Crippen LogP contribution >= 0.6 is 0 Å². The molecule has 0 spiro atoms. The second kappa shape index (κ2) is 6.38. The van der Waals surface area contributed by atoms with E-state index in [2.05, 4.69) is 12.1 Å². The molecule has 0 bridgehead atoms. The van der Waals surface area contributed by atoms with Gasteiger partial charge in [0.05, 0.1) is 19.8 Å².